The molecule has 1 rings (SSSR count). The standard InChI is InChI=1S/C12H16ClN3O3/c1-2-8(6-17)15-11(18)12(19)16-10-4-3-7(14)5-9(10)13/h3-5,8,17H,2,6,14H2,1H3,(H,15,18)(H,16,19). The number of aliphatic hydroxyl groups is 1. The molecule has 1 aromatic carbocycles. The first kappa shape index (κ1) is 15.3. The highest BCUT2D eigenvalue weighted by molar-refractivity contribution is 6.41. The Morgan fingerprint density at radius 3 is 2.63 bits per heavy atom. The zero-order valence-electron chi connectivity index (χ0n) is 10.4. The Balaban J connectivity index is 2.66. The van der Waals surface area contributed by atoms with Crippen LogP contribution >= 0.6 is 11.6 Å². The maximum atomic E-state index is 11.6. The van der Waals surface area contributed by atoms with Gasteiger partial charge in [-0.15, -0.1) is 0 Å². The van der Waals surface area contributed by atoms with E-state index in [-0.39, 0.29) is 11.6 Å². The van der Waals surface area contributed by atoms with E-state index in [2.05, 4.69) is 10.6 Å². The molecule has 0 saturated carbocycles. The molecule has 0 aliphatic carbocycles. The van der Waals surface area contributed by atoms with Crippen LogP contribution in [0.25, 0.3) is 0 Å². The second-order valence-electron chi connectivity index (χ2n) is 3.95. The minimum absolute atomic E-state index is 0.224. The van der Waals surface area contributed by atoms with E-state index in [1.807, 2.05) is 0 Å². The Morgan fingerprint density at radius 2 is 2.11 bits per heavy atom. The van der Waals surface area contributed by atoms with Crippen LogP contribution in [0.4, 0.5) is 11.4 Å². The van der Waals surface area contributed by atoms with Crippen molar-refractivity contribution in [3.8, 4) is 0 Å². The van der Waals surface area contributed by atoms with E-state index in [0.29, 0.717) is 17.8 Å². The number of carbonyl (C=O) groups is 2. The molecule has 5 N–H and O–H groups in total. The van der Waals surface area contributed by atoms with Crippen molar-refractivity contribution in [3.63, 3.8) is 0 Å². The van der Waals surface area contributed by atoms with Crippen LogP contribution in [0.15, 0.2) is 18.2 Å². The van der Waals surface area contributed by atoms with Gasteiger partial charge in [-0.2, -0.15) is 0 Å². The van der Waals surface area contributed by atoms with Crippen molar-refractivity contribution in [1.29, 1.82) is 0 Å². The lowest BCUT2D eigenvalue weighted by Crippen LogP contribution is -2.43. The largest absolute Gasteiger partial charge is 0.399 e. The van der Waals surface area contributed by atoms with Gasteiger partial charge in [-0.25, -0.2) is 0 Å². The van der Waals surface area contributed by atoms with Crippen LogP contribution in [0, 0.1) is 0 Å². The van der Waals surface area contributed by atoms with Gasteiger partial charge >= 0.3 is 11.8 Å². The number of anilines is 2. The lowest BCUT2D eigenvalue weighted by molar-refractivity contribution is -0.136. The van der Waals surface area contributed by atoms with E-state index in [0.717, 1.165) is 0 Å². The summed E-state index contributed by atoms with van der Waals surface area (Å²) in [7, 11) is 0. The summed E-state index contributed by atoms with van der Waals surface area (Å²) in [5, 5.41) is 14.0. The molecular weight excluding hydrogens is 270 g/mol. The number of rotatable bonds is 4. The molecule has 0 radical (unpaired) electrons. The number of nitrogens with one attached hydrogen (secondary N) is 2. The molecule has 0 saturated heterocycles. The summed E-state index contributed by atoms with van der Waals surface area (Å²) >= 11 is 5.87. The highest BCUT2D eigenvalue weighted by atomic mass is 35.5. The zero-order chi connectivity index (χ0) is 14.4. The molecule has 2 amide bonds. The molecule has 1 atom stereocenters. The average molecular weight is 286 g/mol. The molecule has 0 aliphatic rings. The molecule has 0 aliphatic heterocycles. The molecule has 7 heteroatoms. The number of carbonyl (C=O) groups excluding carboxylic acids is 2. The maximum Gasteiger partial charge on any atom is 0.313 e. The van der Waals surface area contributed by atoms with Crippen molar-refractivity contribution in [2.24, 2.45) is 0 Å². The topological polar surface area (TPSA) is 104 Å². The third-order valence-electron chi connectivity index (χ3n) is 2.50. The monoisotopic (exact) mass is 285 g/mol. The number of nitrogens with two attached hydrogens (primary N) is 1. The molecule has 19 heavy (non-hydrogen) atoms. The van der Waals surface area contributed by atoms with Crippen LogP contribution in [0.1, 0.15) is 13.3 Å². The van der Waals surface area contributed by atoms with Gasteiger partial charge < -0.3 is 21.5 Å². The normalized spacial score (nSPS) is 11.7. The Bertz CT molecular complexity index is 475. The number of aliphatic hydroxyl groups excluding tert-OH is 1. The van der Waals surface area contributed by atoms with Crippen LogP contribution in [0.3, 0.4) is 0 Å². The second-order valence-corrected chi connectivity index (χ2v) is 4.36. The van der Waals surface area contributed by atoms with Crippen LogP contribution in [-0.2, 0) is 9.59 Å². The number of halogens is 1. The molecule has 1 aromatic rings. The lowest BCUT2D eigenvalue weighted by atomic mass is 10.2. The summed E-state index contributed by atoms with van der Waals surface area (Å²) < 4.78 is 0. The van der Waals surface area contributed by atoms with Crippen LogP contribution in [-0.4, -0.2) is 29.6 Å². The van der Waals surface area contributed by atoms with Gasteiger partial charge in [0.2, 0.25) is 0 Å². The van der Waals surface area contributed by atoms with Crippen molar-refractivity contribution < 1.29 is 14.7 Å². The Hall–Kier alpha value is -1.79. The molecule has 0 heterocycles. The Morgan fingerprint density at radius 1 is 1.42 bits per heavy atom. The third kappa shape index (κ3) is 4.42. The summed E-state index contributed by atoms with van der Waals surface area (Å²) in [5.41, 5.74) is 6.27. The van der Waals surface area contributed by atoms with Gasteiger partial charge in [0.15, 0.2) is 0 Å². The molecule has 0 fully saturated rings. The summed E-state index contributed by atoms with van der Waals surface area (Å²) in [4.78, 5) is 23.2. The number of hydrogen-bond donors (Lipinski definition) is 4. The number of benzene rings is 1. The first-order valence-electron chi connectivity index (χ1n) is 5.75. The Labute approximate surface area is 115 Å². The fourth-order valence-electron chi connectivity index (χ4n) is 1.34. The first-order chi connectivity index (χ1) is 8.97. The number of nitrogen functional groups attached to an aromatic ring is 1. The molecular formula is C12H16ClN3O3. The van der Waals surface area contributed by atoms with Crippen LogP contribution < -0.4 is 16.4 Å². The quantitative estimate of drug-likeness (QED) is 0.484. The molecule has 104 valence electrons. The summed E-state index contributed by atoms with van der Waals surface area (Å²) in [5.74, 6) is -1.67. The zero-order valence-corrected chi connectivity index (χ0v) is 11.2. The van der Waals surface area contributed by atoms with Crippen molar-refractivity contribution in [3.05, 3.63) is 23.2 Å². The van der Waals surface area contributed by atoms with Gasteiger partial charge in [0.1, 0.15) is 0 Å². The SMILES string of the molecule is CCC(CO)NC(=O)C(=O)Nc1ccc(N)cc1Cl. The summed E-state index contributed by atoms with van der Waals surface area (Å²) in [6.45, 7) is 1.56. The molecule has 6 nitrogen and oxygen atoms in total. The highest BCUT2D eigenvalue weighted by Gasteiger charge is 2.18. The van der Waals surface area contributed by atoms with Gasteiger partial charge in [-0.3, -0.25) is 9.59 Å². The van der Waals surface area contributed by atoms with Crippen LogP contribution in [0.2, 0.25) is 5.02 Å². The van der Waals surface area contributed by atoms with Gasteiger partial charge in [0.05, 0.1) is 23.4 Å². The van der Waals surface area contributed by atoms with Gasteiger partial charge in [-0.05, 0) is 24.6 Å². The second kappa shape index (κ2) is 6.96. The third-order valence-corrected chi connectivity index (χ3v) is 2.81. The predicted molar refractivity (Wildman–Crippen MR) is 73.8 cm³/mol. The summed E-state index contributed by atoms with van der Waals surface area (Å²) in [6.07, 6.45) is 0.526. The van der Waals surface area contributed by atoms with E-state index < -0.39 is 17.9 Å². The predicted octanol–water partition coefficient (Wildman–Crippen LogP) is 0.748. The number of amides is 2. The van der Waals surface area contributed by atoms with E-state index in [1.165, 1.54) is 12.1 Å². The number of hydrogen-bond acceptors (Lipinski definition) is 4. The fraction of sp³-hybridized carbons (Fsp3) is 0.333. The van der Waals surface area contributed by atoms with Crippen molar-refractivity contribution in [2.75, 3.05) is 17.7 Å². The first-order valence-corrected chi connectivity index (χ1v) is 6.13. The summed E-state index contributed by atoms with van der Waals surface area (Å²) in [6, 6.07) is 4.09. The maximum absolute atomic E-state index is 11.6. The average Bonchev–Trinajstić information content (AvgIpc) is 2.38. The van der Waals surface area contributed by atoms with Crippen molar-refractivity contribution in [1.82, 2.24) is 5.32 Å². The van der Waals surface area contributed by atoms with Crippen molar-refractivity contribution >= 4 is 34.8 Å². The van der Waals surface area contributed by atoms with Crippen molar-refractivity contribution in [2.45, 2.75) is 19.4 Å². The molecule has 1 unspecified atom stereocenters. The Kier molecular flexibility index (Phi) is 5.59. The van der Waals surface area contributed by atoms with Gasteiger partial charge in [0, 0.05) is 5.69 Å². The smallest absolute Gasteiger partial charge is 0.313 e. The molecule has 0 aromatic heterocycles. The fourth-order valence-corrected chi connectivity index (χ4v) is 1.58. The van der Waals surface area contributed by atoms with E-state index in [1.54, 1.807) is 13.0 Å². The van der Waals surface area contributed by atoms with E-state index >= 15 is 0 Å². The molecule has 0 bridgehead atoms. The highest BCUT2D eigenvalue weighted by Crippen LogP contribution is 2.23. The van der Waals surface area contributed by atoms with Crippen LogP contribution in [0.5, 0.6) is 0 Å². The van der Waals surface area contributed by atoms with Gasteiger partial charge in [0.25, 0.3) is 0 Å². The van der Waals surface area contributed by atoms with E-state index in [4.69, 9.17) is 22.4 Å². The molecule has 0 spiro atoms. The van der Waals surface area contributed by atoms with Gasteiger partial charge in [-0.1, -0.05) is 18.5 Å². The van der Waals surface area contributed by atoms with E-state index in [9.17, 15) is 9.59 Å². The minimum atomic E-state index is -0.849. The minimum Gasteiger partial charge on any atom is -0.399 e. The lowest BCUT2D eigenvalue weighted by Gasteiger charge is -2.14.